The Morgan fingerprint density at radius 3 is 2.68 bits per heavy atom. The van der Waals surface area contributed by atoms with Crippen molar-refractivity contribution in [2.45, 2.75) is 38.8 Å². The van der Waals surface area contributed by atoms with Gasteiger partial charge in [0.1, 0.15) is 0 Å². The number of hydrogen-bond acceptors (Lipinski definition) is 4. The molecule has 0 fully saturated rings. The van der Waals surface area contributed by atoms with Gasteiger partial charge in [0.15, 0.2) is 5.56 Å². The van der Waals surface area contributed by atoms with Crippen LogP contribution in [0.15, 0.2) is 28.9 Å². The van der Waals surface area contributed by atoms with Crippen LogP contribution in [-0.2, 0) is 16.0 Å². The number of aromatic nitrogens is 1. The van der Waals surface area contributed by atoms with Gasteiger partial charge in [-0.3, -0.25) is 9.69 Å². The van der Waals surface area contributed by atoms with Crippen LogP contribution in [0.2, 0.25) is 0 Å². The van der Waals surface area contributed by atoms with E-state index in [1.54, 1.807) is 11.5 Å². The van der Waals surface area contributed by atoms with E-state index < -0.39 is 11.7 Å². The van der Waals surface area contributed by atoms with Crippen LogP contribution >= 0.6 is 27.5 Å². The predicted molar refractivity (Wildman–Crippen MR) is 126 cm³/mol. The third-order valence-electron chi connectivity index (χ3n) is 6.33. The maximum atomic E-state index is 13.1. The van der Waals surface area contributed by atoms with E-state index in [9.17, 15) is 9.59 Å². The second kappa shape index (κ2) is 8.60. The van der Waals surface area contributed by atoms with Gasteiger partial charge in [-0.15, -0.1) is 0 Å². The molecule has 31 heavy (non-hydrogen) atoms. The molecule has 166 valence electrons. The van der Waals surface area contributed by atoms with Crippen LogP contribution in [0.4, 0.5) is 4.79 Å². The van der Waals surface area contributed by atoms with Gasteiger partial charge in [0.05, 0.1) is 16.0 Å². The molecule has 0 N–H and O–H groups in total. The van der Waals surface area contributed by atoms with Gasteiger partial charge in [-0.25, -0.2) is 9.36 Å². The first-order valence-electron chi connectivity index (χ1n) is 10.7. The number of amides is 1. The number of carbonyl (C=O) groups is 2. The highest BCUT2D eigenvalue weighted by atomic mass is 79.9. The molecule has 2 heterocycles. The predicted octanol–water partition coefficient (Wildman–Crippen LogP) is 4.71. The van der Waals surface area contributed by atoms with Crippen molar-refractivity contribution in [2.24, 2.45) is 5.92 Å². The summed E-state index contributed by atoms with van der Waals surface area (Å²) in [7, 11) is 2.07. The first-order valence-corrected chi connectivity index (χ1v) is 11.9. The molecule has 0 spiro atoms. The van der Waals surface area contributed by atoms with Crippen molar-refractivity contribution in [2.75, 3.05) is 26.7 Å². The zero-order valence-corrected chi connectivity index (χ0v) is 20.5. The molecule has 4 rings (SSSR count). The van der Waals surface area contributed by atoms with Gasteiger partial charge in [0.2, 0.25) is 5.91 Å². The average Bonchev–Trinajstić information content (AvgIpc) is 3.01. The molecule has 1 amide bonds. The highest BCUT2D eigenvalue weighted by Gasteiger charge is 2.38. The lowest BCUT2D eigenvalue weighted by molar-refractivity contribution is -0.134. The number of benzene rings is 1. The summed E-state index contributed by atoms with van der Waals surface area (Å²) in [5, 5.41) is 1.03. The highest BCUT2D eigenvalue weighted by molar-refractivity contribution is 9.10. The zero-order chi connectivity index (χ0) is 22.4. The summed E-state index contributed by atoms with van der Waals surface area (Å²) in [4.78, 5) is 30.0. The fourth-order valence-corrected chi connectivity index (χ4v) is 5.66. The molecule has 3 unspecified atom stereocenters. The summed E-state index contributed by atoms with van der Waals surface area (Å²) in [6, 6.07) is 6.09. The number of fused-ring (bicyclic) bond motifs is 2. The normalized spacial score (nSPS) is 21.4. The maximum absolute atomic E-state index is 13.1. The monoisotopic (exact) mass is 507 g/mol. The summed E-state index contributed by atoms with van der Waals surface area (Å²) in [6.07, 6.45) is 2.39. The van der Waals surface area contributed by atoms with E-state index in [1.165, 1.54) is 0 Å². The number of carbonyl (C=O) groups excluding carboxylic acids is 2. The van der Waals surface area contributed by atoms with Gasteiger partial charge < -0.3 is 9.64 Å². The lowest BCUT2D eigenvalue weighted by Crippen LogP contribution is -2.47. The van der Waals surface area contributed by atoms with Crippen LogP contribution in [0.25, 0.3) is 16.5 Å². The summed E-state index contributed by atoms with van der Waals surface area (Å²) in [5.74, 6) is -0.0141. The van der Waals surface area contributed by atoms with Crippen molar-refractivity contribution < 1.29 is 14.3 Å². The van der Waals surface area contributed by atoms with Crippen LogP contribution in [0.1, 0.15) is 31.9 Å². The largest absolute Gasteiger partial charge is 0.429 e. The Labute approximate surface area is 195 Å². The van der Waals surface area contributed by atoms with E-state index in [4.69, 9.17) is 16.3 Å². The van der Waals surface area contributed by atoms with Gasteiger partial charge in [-0.2, -0.15) is 0 Å². The minimum absolute atomic E-state index is 0.147. The molecular weight excluding hydrogens is 482 g/mol. The molecule has 0 saturated carbocycles. The number of nitrogens with zero attached hydrogens (tertiary/aromatic N) is 3. The van der Waals surface area contributed by atoms with Crippen LogP contribution in [0.5, 0.6) is 0 Å². The van der Waals surface area contributed by atoms with E-state index in [0.717, 1.165) is 34.0 Å². The SMILES string of the molecule is CCN(CC)C(=O)C1C=C2c3cccc4c3c(c(Br)n4C(=O)OC(C)Cl)CC2N(C)C1. The fraction of sp³-hybridized carbons (Fsp3) is 0.478. The molecular formula is C23H27BrClN3O3. The average molecular weight is 509 g/mol. The van der Waals surface area contributed by atoms with E-state index in [1.807, 2.05) is 30.9 Å². The Balaban J connectivity index is 1.85. The lowest BCUT2D eigenvalue weighted by atomic mass is 9.79. The number of ether oxygens (including phenoxy) is 1. The molecule has 1 aliphatic heterocycles. The van der Waals surface area contributed by atoms with E-state index in [0.29, 0.717) is 24.2 Å². The molecule has 1 aromatic heterocycles. The Hall–Kier alpha value is -1.83. The number of halogens is 2. The van der Waals surface area contributed by atoms with Gasteiger partial charge in [-0.1, -0.05) is 29.8 Å². The van der Waals surface area contributed by atoms with Crippen LogP contribution in [0.3, 0.4) is 0 Å². The van der Waals surface area contributed by atoms with Crippen molar-refractivity contribution in [3.8, 4) is 0 Å². The number of rotatable bonds is 4. The fourth-order valence-electron chi connectivity index (χ4n) is 4.89. The summed E-state index contributed by atoms with van der Waals surface area (Å²) >= 11 is 9.54. The minimum Gasteiger partial charge on any atom is -0.429 e. The molecule has 3 atom stereocenters. The Bertz CT molecular complexity index is 1070. The van der Waals surface area contributed by atoms with Gasteiger partial charge >= 0.3 is 6.09 Å². The molecule has 1 aliphatic carbocycles. The number of likely N-dealkylation sites (N-methyl/N-ethyl adjacent to an activating group) is 1. The molecule has 2 aliphatic rings. The molecule has 0 radical (unpaired) electrons. The van der Waals surface area contributed by atoms with Crippen LogP contribution < -0.4 is 0 Å². The molecule has 0 bridgehead atoms. The second-order valence-electron chi connectivity index (χ2n) is 8.13. The minimum atomic E-state index is -0.725. The Morgan fingerprint density at radius 1 is 1.32 bits per heavy atom. The lowest BCUT2D eigenvalue weighted by Gasteiger charge is -2.40. The standard InChI is InChI=1S/C23H27BrClN3O3/c1-5-27(6-2)22(29)14-10-16-15-8-7-9-18-20(15)17(11-19(16)26(4)12-14)21(24)28(18)23(30)31-13(3)25/h7-10,13-14,19H,5-6,11-12H2,1-4H3. The van der Waals surface area contributed by atoms with Crippen LogP contribution in [-0.4, -0.2) is 64.7 Å². The quantitative estimate of drug-likeness (QED) is 0.561. The first-order chi connectivity index (χ1) is 14.8. The smallest absolute Gasteiger partial charge is 0.420 e. The molecule has 6 nitrogen and oxygen atoms in total. The van der Waals surface area contributed by atoms with E-state index in [-0.39, 0.29) is 17.9 Å². The Kier molecular flexibility index (Phi) is 6.21. The maximum Gasteiger partial charge on any atom is 0.420 e. The van der Waals surface area contributed by atoms with Crippen molar-refractivity contribution in [1.82, 2.24) is 14.4 Å². The zero-order valence-electron chi connectivity index (χ0n) is 18.2. The summed E-state index contributed by atoms with van der Waals surface area (Å²) in [5.41, 5.74) is 3.35. The molecule has 2 aromatic rings. The van der Waals surface area contributed by atoms with E-state index >= 15 is 0 Å². The molecule has 0 saturated heterocycles. The summed E-state index contributed by atoms with van der Waals surface area (Å²) < 4.78 is 7.51. The molecule has 8 heteroatoms. The third-order valence-corrected chi connectivity index (χ3v) is 7.26. The number of hydrogen-bond donors (Lipinski definition) is 0. The Morgan fingerprint density at radius 2 is 2.03 bits per heavy atom. The van der Waals surface area contributed by atoms with Crippen molar-refractivity contribution >= 4 is 56.0 Å². The molecule has 1 aromatic carbocycles. The second-order valence-corrected chi connectivity index (χ2v) is 9.50. The van der Waals surface area contributed by atoms with Crippen LogP contribution in [0, 0.1) is 5.92 Å². The first kappa shape index (κ1) is 22.4. The van der Waals surface area contributed by atoms with E-state index in [2.05, 4.69) is 40.0 Å². The van der Waals surface area contributed by atoms with Crippen molar-refractivity contribution in [3.63, 3.8) is 0 Å². The van der Waals surface area contributed by atoms with Gasteiger partial charge in [-0.05, 0) is 72.9 Å². The highest BCUT2D eigenvalue weighted by Crippen LogP contribution is 2.45. The van der Waals surface area contributed by atoms with Gasteiger partial charge in [0.25, 0.3) is 0 Å². The summed E-state index contributed by atoms with van der Waals surface area (Å²) in [6.45, 7) is 7.73. The third kappa shape index (κ3) is 3.70. The number of alkyl halides is 1. The van der Waals surface area contributed by atoms with Gasteiger partial charge in [0, 0.05) is 31.1 Å². The topological polar surface area (TPSA) is 54.8 Å². The van der Waals surface area contributed by atoms with Crippen molar-refractivity contribution in [1.29, 1.82) is 0 Å². The van der Waals surface area contributed by atoms with Crippen molar-refractivity contribution in [3.05, 3.63) is 40.0 Å².